The van der Waals surface area contributed by atoms with Crippen LogP contribution < -0.4 is 10.0 Å². The van der Waals surface area contributed by atoms with Crippen LogP contribution >= 0.6 is 0 Å². The minimum Gasteiger partial charge on any atom is -0.354 e. The second kappa shape index (κ2) is 4.42. The summed E-state index contributed by atoms with van der Waals surface area (Å²) in [5, 5.41) is 2.52. The van der Waals surface area contributed by atoms with Crippen molar-refractivity contribution in [2.45, 2.75) is 17.4 Å². The Bertz CT molecular complexity index is 544. The van der Waals surface area contributed by atoms with Crippen LogP contribution in [-0.2, 0) is 14.8 Å². The van der Waals surface area contributed by atoms with E-state index in [1.807, 2.05) is 0 Å². The van der Waals surface area contributed by atoms with Crippen molar-refractivity contribution in [1.29, 1.82) is 0 Å². The number of halogens is 1. The molecule has 0 bridgehead atoms. The van der Waals surface area contributed by atoms with Crippen molar-refractivity contribution >= 4 is 15.9 Å². The molecule has 5 nitrogen and oxygen atoms in total. The predicted molar refractivity (Wildman–Crippen MR) is 58.1 cm³/mol. The van der Waals surface area contributed by atoms with Gasteiger partial charge in [-0.05, 0) is 18.2 Å². The summed E-state index contributed by atoms with van der Waals surface area (Å²) in [4.78, 5) is 10.8. The lowest BCUT2D eigenvalue weighted by Gasteiger charge is -2.11. The molecule has 1 aromatic rings. The van der Waals surface area contributed by atoms with Gasteiger partial charge in [0, 0.05) is 19.0 Å². The topological polar surface area (TPSA) is 75.3 Å². The van der Waals surface area contributed by atoms with Crippen LogP contribution in [0.2, 0.25) is 0 Å². The maximum absolute atomic E-state index is 12.9. The van der Waals surface area contributed by atoms with Crippen molar-refractivity contribution in [3.63, 3.8) is 0 Å². The number of hydrogen-bond acceptors (Lipinski definition) is 3. The average Bonchev–Trinajstić information content (AvgIpc) is 2.63. The highest BCUT2D eigenvalue weighted by molar-refractivity contribution is 7.89. The Kier molecular flexibility index (Phi) is 3.12. The number of benzene rings is 1. The third kappa shape index (κ3) is 2.80. The lowest BCUT2D eigenvalue weighted by atomic mass is 10.3. The van der Waals surface area contributed by atoms with E-state index < -0.39 is 21.9 Å². The molecule has 1 aliphatic rings. The van der Waals surface area contributed by atoms with E-state index in [0.29, 0.717) is 0 Å². The van der Waals surface area contributed by atoms with Crippen molar-refractivity contribution < 1.29 is 17.6 Å². The van der Waals surface area contributed by atoms with Gasteiger partial charge in [0.1, 0.15) is 5.82 Å². The van der Waals surface area contributed by atoms with E-state index in [4.69, 9.17) is 0 Å². The molecule has 0 saturated carbocycles. The zero-order valence-electron chi connectivity index (χ0n) is 8.81. The molecule has 17 heavy (non-hydrogen) atoms. The van der Waals surface area contributed by atoms with E-state index in [9.17, 15) is 17.6 Å². The Morgan fingerprint density at radius 2 is 2.18 bits per heavy atom. The molecule has 1 heterocycles. The number of hydrogen-bond donors (Lipinski definition) is 2. The molecule has 1 fully saturated rings. The van der Waals surface area contributed by atoms with Crippen LogP contribution in [0.25, 0.3) is 0 Å². The molecule has 1 saturated heterocycles. The highest BCUT2D eigenvalue weighted by Crippen LogP contribution is 2.12. The fourth-order valence-corrected chi connectivity index (χ4v) is 2.88. The summed E-state index contributed by atoms with van der Waals surface area (Å²) < 4.78 is 38.9. The van der Waals surface area contributed by atoms with Gasteiger partial charge in [-0.15, -0.1) is 0 Å². The van der Waals surface area contributed by atoms with Crippen LogP contribution in [0.3, 0.4) is 0 Å². The van der Waals surface area contributed by atoms with Gasteiger partial charge in [0.25, 0.3) is 0 Å². The summed E-state index contributed by atoms with van der Waals surface area (Å²) in [5.74, 6) is -0.814. The van der Waals surface area contributed by atoms with Crippen molar-refractivity contribution in [2.24, 2.45) is 0 Å². The molecular weight excluding hydrogens is 247 g/mol. The largest absolute Gasteiger partial charge is 0.354 e. The molecule has 0 spiro atoms. The minimum absolute atomic E-state index is 0.106. The first-order chi connectivity index (χ1) is 7.97. The first-order valence-electron chi connectivity index (χ1n) is 5.02. The van der Waals surface area contributed by atoms with Gasteiger partial charge in [0.2, 0.25) is 15.9 Å². The van der Waals surface area contributed by atoms with Gasteiger partial charge >= 0.3 is 0 Å². The monoisotopic (exact) mass is 258 g/mol. The predicted octanol–water partition coefficient (Wildman–Crippen LogP) is -0.00750. The Balaban J connectivity index is 2.17. The van der Waals surface area contributed by atoms with E-state index in [1.54, 1.807) is 0 Å². The minimum atomic E-state index is -3.77. The third-order valence-corrected chi connectivity index (χ3v) is 3.92. The molecule has 1 amide bonds. The van der Waals surface area contributed by atoms with Gasteiger partial charge in [0.05, 0.1) is 4.90 Å². The SMILES string of the molecule is O=C1C[C@H](NS(=O)(=O)c2cccc(F)c2)CN1. The molecule has 0 radical (unpaired) electrons. The van der Waals surface area contributed by atoms with Crippen LogP contribution in [0, 0.1) is 5.82 Å². The fourth-order valence-electron chi connectivity index (χ4n) is 1.61. The Morgan fingerprint density at radius 1 is 1.41 bits per heavy atom. The Hall–Kier alpha value is -1.47. The molecule has 1 aromatic carbocycles. The Morgan fingerprint density at radius 3 is 2.76 bits per heavy atom. The zero-order chi connectivity index (χ0) is 12.5. The lowest BCUT2D eigenvalue weighted by molar-refractivity contribution is -0.119. The number of sulfonamides is 1. The van der Waals surface area contributed by atoms with E-state index in [1.165, 1.54) is 18.2 Å². The van der Waals surface area contributed by atoms with Gasteiger partial charge in [-0.3, -0.25) is 4.79 Å². The van der Waals surface area contributed by atoms with Gasteiger partial charge in [0.15, 0.2) is 0 Å². The number of nitrogens with one attached hydrogen (secondary N) is 2. The zero-order valence-corrected chi connectivity index (χ0v) is 9.63. The van der Waals surface area contributed by atoms with Crippen molar-refractivity contribution in [2.75, 3.05) is 6.54 Å². The third-order valence-electron chi connectivity index (χ3n) is 2.41. The van der Waals surface area contributed by atoms with Gasteiger partial charge in [-0.1, -0.05) is 6.07 Å². The number of carbonyl (C=O) groups excluding carboxylic acids is 1. The maximum Gasteiger partial charge on any atom is 0.240 e. The molecule has 7 heteroatoms. The van der Waals surface area contributed by atoms with Crippen molar-refractivity contribution in [1.82, 2.24) is 10.0 Å². The van der Waals surface area contributed by atoms with Crippen LogP contribution in [-0.4, -0.2) is 26.9 Å². The van der Waals surface area contributed by atoms with Crippen LogP contribution in [0.1, 0.15) is 6.42 Å². The van der Waals surface area contributed by atoms with Crippen LogP contribution in [0.5, 0.6) is 0 Å². The van der Waals surface area contributed by atoms with E-state index in [0.717, 1.165) is 6.07 Å². The molecule has 92 valence electrons. The maximum atomic E-state index is 12.9. The van der Waals surface area contributed by atoms with Gasteiger partial charge in [-0.25, -0.2) is 17.5 Å². The highest BCUT2D eigenvalue weighted by Gasteiger charge is 2.26. The number of carbonyl (C=O) groups is 1. The summed E-state index contributed by atoms with van der Waals surface area (Å²) in [6, 6.07) is 4.25. The van der Waals surface area contributed by atoms with Gasteiger partial charge in [-0.2, -0.15) is 0 Å². The van der Waals surface area contributed by atoms with Crippen LogP contribution in [0.15, 0.2) is 29.2 Å². The molecule has 0 aliphatic carbocycles. The highest BCUT2D eigenvalue weighted by atomic mass is 32.2. The normalized spacial score (nSPS) is 20.3. The molecule has 2 rings (SSSR count). The van der Waals surface area contributed by atoms with Gasteiger partial charge < -0.3 is 5.32 Å². The molecule has 0 aromatic heterocycles. The summed E-state index contributed by atoms with van der Waals surface area (Å²) in [6.45, 7) is 0.257. The standard InChI is InChI=1S/C10H11FN2O3S/c11-7-2-1-3-9(4-7)17(15,16)13-8-5-10(14)12-6-8/h1-4,8,13H,5-6H2,(H,12,14)/t8-/m0/s1. The average molecular weight is 258 g/mol. The Labute approximate surface area is 98.1 Å². The second-order valence-corrected chi connectivity index (χ2v) is 5.50. The summed E-state index contributed by atoms with van der Waals surface area (Å²) in [7, 11) is -3.77. The lowest BCUT2D eigenvalue weighted by Crippen LogP contribution is -2.36. The first kappa shape index (κ1) is 12.0. The van der Waals surface area contributed by atoms with Crippen molar-refractivity contribution in [3.8, 4) is 0 Å². The quantitative estimate of drug-likeness (QED) is 0.801. The van der Waals surface area contributed by atoms with E-state index in [-0.39, 0.29) is 23.8 Å². The van der Waals surface area contributed by atoms with E-state index >= 15 is 0 Å². The number of amides is 1. The molecule has 0 unspecified atom stereocenters. The second-order valence-electron chi connectivity index (χ2n) is 3.78. The molecule has 1 atom stereocenters. The van der Waals surface area contributed by atoms with Crippen LogP contribution in [0.4, 0.5) is 4.39 Å². The summed E-state index contributed by atoms with van der Waals surface area (Å²) >= 11 is 0. The molecular formula is C10H11FN2O3S. The first-order valence-corrected chi connectivity index (χ1v) is 6.50. The summed E-state index contributed by atoms with van der Waals surface area (Å²) in [6.07, 6.45) is 0.106. The van der Waals surface area contributed by atoms with Crippen molar-refractivity contribution in [3.05, 3.63) is 30.1 Å². The van der Waals surface area contributed by atoms with E-state index in [2.05, 4.69) is 10.0 Å². The number of rotatable bonds is 3. The molecule has 2 N–H and O–H groups in total. The molecule has 1 aliphatic heterocycles. The smallest absolute Gasteiger partial charge is 0.240 e. The summed E-state index contributed by atoms with van der Waals surface area (Å²) in [5.41, 5.74) is 0. The fraction of sp³-hybridized carbons (Fsp3) is 0.300.